The number of ether oxygens (including phenoxy) is 1. The Bertz CT molecular complexity index is 659. The highest BCUT2D eigenvalue weighted by atomic mass is 79.9. The summed E-state index contributed by atoms with van der Waals surface area (Å²) in [4.78, 5) is 11.6. The predicted octanol–water partition coefficient (Wildman–Crippen LogP) is 2.68. The van der Waals surface area contributed by atoms with Crippen molar-refractivity contribution in [2.24, 2.45) is 5.10 Å². The van der Waals surface area contributed by atoms with Crippen molar-refractivity contribution < 1.29 is 14.6 Å². The van der Waals surface area contributed by atoms with Crippen molar-refractivity contribution in [1.82, 2.24) is 5.43 Å². The van der Waals surface area contributed by atoms with E-state index >= 15 is 0 Å². The van der Waals surface area contributed by atoms with Crippen molar-refractivity contribution in [3.63, 3.8) is 0 Å². The summed E-state index contributed by atoms with van der Waals surface area (Å²) in [7, 11) is 0. The van der Waals surface area contributed by atoms with Crippen LogP contribution in [0.2, 0.25) is 0 Å². The molecule has 0 aromatic heterocycles. The molecule has 21 heavy (non-hydrogen) atoms. The smallest absolute Gasteiger partial charge is 0.277 e. The van der Waals surface area contributed by atoms with E-state index in [2.05, 4.69) is 26.5 Å². The minimum absolute atomic E-state index is 0.139. The third kappa shape index (κ3) is 4.92. The van der Waals surface area contributed by atoms with Gasteiger partial charge >= 0.3 is 0 Å². The number of aromatic hydroxyl groups is 1. The van der Waals surface area contributed by atoms with Gasteiger partial charge in [0.05, 0.1) is 10.7 Å². The van der Waals surface area contributed by atoms with Gasteiger partial charge in [-0.25, -0.2) is 5.43 Å². The molecule has 0 atom stereocenters. The Morgan fingerprint density at radius 1 is 1.29 bits per heavy atom. The zero-order valence-corrected chi connectivity index (χ0v) is 12.6. The lowest BCUT2D eigenvalue weighted by atomic mass is 10.2. The van der Waals surface area contributed by atoms with Crippen molar-refractivity contribution in [3.8, 4) is 11.5 Å². The Labute approximate surface area is 130 Å². The number of hydrazone groups is 1. The van der Waals surface area contributed by atoms with Crippen LogP contribution in [-0.2, 0) is 4.79 Å². The number of nitrogens with one attached hydrogen (secondary N) is 1. The van der Waals surface area contributed by atoms with Crippen molar-refractivity contribution in [1.29, 1.82) is 0 Å². The molecule has 0 radical (unpaired) electrons. The average Bonchev–Trinajstić information content (AvgIpc) is 2.46. The fourth-order valence-electron chi connectivity index (χ4n) is 1.52. The second-order valence-electron chi connectivity index (χ2n) is 4.11. The summed E-state index contributed by atoms with van der Waals surface area (Å²) < 4.78 is 6.13. The second-order valence-corrected chi connectivity index (χ2v) is 4.96. The summed E-state index contributed by atoms with van der Waals surface area (Å²) in [6.07, 6.45) is 1.44. The molecule has 2 aromatic carbocycles. The van der Waals surface area contributed by atoms with Gasteiger partial charge in [-0.05, 0) is 45.8 Å². The number of hydrogen-bond acceptors (Lipinski definition) is 4. The number of phenols is 1. The average molecular weight is 349 g/mol. The minimum atomic E-state index is -0.373. The Balaban J connectivity index is 1.81. The highest BCUT2D eigenvalue weighted by molar-refractivity contribution is 9.10. The summed E-state index contributed by atoms with van der Waals surface area (Å²) in [5, 5.41) is 13.1. The lowest BCUT2D eigenvalue weighted by Crippen LogP contribution is -2.24. The van der Waals surface area contributed by atoms with Gasteiger partial charge in [0.2, 0.25) is 0 Å². The fourth-order valence-corrected chi connectivity index (χ4v) is 1.92. The molecule has 1 amide bonds. The van der Waals surface area contributed by atoms with Crippen LogP contribution in [-0.4, -0.2) is 23.8 Å². The van der Waals surface area contributed by atoms with E-state index in [1.807, 2.05) is 18.2 Å². The van der Waals surface area contributed by atoms with Crippen LogP contribution >= 0.6 is 15.9 Å². The highest BCUT2D eigenvalue weighted by Crippen LogP contribution is 2.23. The zero-order chi connectivity index (χ0) is 15.1. The van der Waals surface area contributed by atoms with Gasteiger partial charge in [0, 0.05) is 0 Å². The molecule has 6 heteroatoms. The first-order valence-electron chi connectivity index (χ1n) is 6.13. The van der Waals surface area contributed by atoms with E-state index in [1.54, 1.807) is 24.3 Å². The molecule has 0 heterocycles. The number of amides is 1. The van der Waals surface area contributed by atoms with E-state index in [-0.39, 0.29) is 18.3 Å². The van der Waals surface area contributed by atoms with Crippen molar-refractivity contribution in [2.45, 2.75) is 0 Å². The maximum atomic E-state index is 11.6. The van der Waals surface area contributed by atoms with Crippen molar-refractivity contribution >= 4 is 28.1 Å². The lowest BCUT2D eigenvalue weighted by molar-refractivity contribution is -0.123. The summed E-state index contributed by atoms with van der Waals surface area (Å²) in [6.45, 7) is -0.139. The normalized spacial score (nSPS) is 10.5. The molecule has 2 aromatic rings. The van der Waals surface area contributed by atoms with E-state index in [9.17, 15) is 9.90 Å². The van der Waals surface area contributed by atoms with Crippen LogP contribution < -0.4 is 10.2 Å². The molecule has 2 N–H and O–H groups in total. The largest absolute Gasteiger partial charge is 0.508 e. The summed E-state index contributed by atoms with van der Waals surface area (Å²) in [5.74, 6) is 0.356. The van der Waals surface area contributed by atoms with E-state index in [0.717, 1.165) is 4.47 Å². The third-order valence-corrected chi connectivity index (χ3v) is 3.12. The summed E-state index contributed by atoms with van der Waals surface area (Å²) >= 11 is 3.33. The predicted molar refractivity (Wildman–Crippen MR) is 83.5 cm³/mol. The molecule has 108 valence electrons. The van der Waals surface area contributed by atoms with Crippen molar-refractivity contribution in [3.05, 3.63) is 58.6 Å². The van der Waals surface area contributed by atoms with Crippen molar-refractivity contribution in [2.75, 3.05) is 6.61 Å². The minimum Gasteiger partial charge on any atom is -0.508 e. The first-order chi connectivity index (χ1) is 10.1. The SMILES string of the molecule is O=C(COc1ccccc1Br)NN=Cc1cccc(O)c1. The van der Waals surface area contributed by atoms with E-state index < -0.39 is 0 Å². The van der Waals surface area contributed by atoms with Gasteiger partial charge in [-0.3, -0.25) is 4.79 Å². The van der Waals surface area contributed by atoms with Crippen LogP contribution in [0.5, 0.6) is 11.5 Å². The maximum Gasteiger partial charge on any atom is 0.277 e. The lowest BCUT2D eigenvalue weighted by Gasteiger charge is -2.06. The van der Waals surface area contributed by atoms with Crippen LogP contribution in [0.25, 0.3) is 0 Å². The van der Waals surface area contributed by atoms with Gasteiger partial charge in [-0.1, -0.05) is 24.3 Å². The number of carbonyl (C=O) groups is 1. The first-order valence-corrected chi connectivity index (χ1v) is 6.93. The maximum absolute atomic E-state index is 11.6. The van der Waals surface area contributed by atoms with Gasteiger partial charge in [0.15, 0.2) is 6.61 Å². The topological polar surface area (TPSA) is 70.9 Å². The molecule has 0 saturated heterocycles. The molecule has 0 fully saturated rings. The van der Waals surface area contributed by atoms with Gasteiger partial charge in [0.1, 0.15) is 11.5 Å². The molecule has 0 aliphatic rings. The molecule has 2 rings (SSSR count). The standard InChI is InChI=1S/C15H13BrN2O3/c16-13-6-1-2-7-14(13)21-10-15(20)18-17-9-11-4-3-5-12(19)8-11/h1-9,19H,10H2,(H,18,20). The van der Waals surface area contributed by atoms with Gasteiger partial charge < -0.3 is 9.84 Å². The Morgan fingerprint density at radius 2 is 2.10 bits per heavy atom. The molecule has 5 nitrogen and oxygen atoms in total. The third-order valence-electron chi connectivity index (χ3n) is 2.47. The molecule has 0 unspecified atom stereocenters. The molecule has 0 aliphatic carbocycles. The number of para-hydroxylation sites is 1. The number of benzene rings is 2. The molecular weight excluding hydrogens is 336 g/mol. The number of rotatable bonds is 5. The zero-order valence-electron chi connectivity index (χ0n) is 11.0. The summed E-state index contributed by atoms with van der Waals surface area (Å²) in [5.41, 5.74) is 3.03. The van der Waals surface area contributed by atoms with E-state index in [4.69, 9.17) is 4.74 Å². The Hall–Kier alpha value is -2.34. The number of nitrogens with zero attached hydrogens (tertiary/aromatic N) is 1. The van der Waals surface area contributed by atoms with Gasteiger partial charge in [-0.2, -0.15) is 5.10 Å². The van der Waals surface area contributed by atoms with Gasteiger partial charge in [-0.15, -0.1) is 0 Å². The van der Waals surface area contributed by atoms with Gasteiger partial charge in [0.25, 0.3) is 5.91 Å². The second kappa shape index (κ2) is 7.44. The van der Waals surface area contributed by atoms with Crippen LogP contribution in [0.15, 0.2) is 58.1 Å². The highest BCUT2D eigenvalue weighted by Gasteiger charge is 2.03. The fraction of sp³-hybridized carbons (Fsp3) is 0.0667. The number of phenolic OH excluding ortho intramolecular Hbond substituents is 1. The van der Waals surface area contributed by atoms with E-state index in [1.165, 1.54) is 12.3 Å². The summed E-state index contributed by atoms with van der Waals surface area (Å²) in [6, 6.07) is 13.8. The Kier molecular flexibility index (Phi) is 5.34. The van der Waals surface area contributed by atoms with Crippen LogP contribution in [0.3, 0.4) is 0 Å². The first kappa shape index (κ1) is 15.1. The molecule has 0 saturated carbocycles. The number of hydrogen-bond donors (Lipinski definition) is 2. The molecular formula is C15H13BrN2O3. The van der Waals surface area contributed by atoms with Crippen LogP contribution in [0.1, 0.15) is 5.56 Å². The number of halogens is 1. The molecule has 0 bridgehead atoms. The number of carbonyl (C=O) groups excluding carboxylic acids is 1. The molecule has 0 aliphatic heterocycles. The monoisotopic (exact) mass is 348 g/mol. The van der Waals surface area contributed by atoms with Crippen LogP contribution in [0.4, 0.5) is 0 Å². The van der Waals surface area contributed by atoms with Crippen LogP contribution in [0, 0.1) is 0 Å². The Morgan fingerprint density at radius 3 is 2.86 bits per heavy atom. The quantitative estimate of drug-likeness (QED) is 0.644. The van der Waals surface area contributed by atoms with E-state index in [0.29, 0.717) is 11.3 Å². The molecule has 0 spiro atoms.